The summed E-state index contributed by atoms with van der Waals surface area (Å²) in [6.45, 7) is 3.88. The Morgan fingerprint density at radius 2 is 1.79 bits per heavy atom. The largest absolute Gasteiger partial charge is 0.311 e. The van der Waals surface area contributed by atoms with Gasteiger partial charge in [0.15, 0.2) is 0 Å². The molecule has 0 spiro atoms. The Morgan fingerprint density at radius 1 is 1.07 bits per heavy atom. The Labute approximate surface area is 170 Å². The average Bonchev–Trinajstić information content (AvgIpc) is 2.76. The summed E-state index contributed by atoms with van der Waals surface area (Å²) >= 11 is 0. The summed E-state index contributed by atoms with van der Waals surface area (Å²) in [5.74, 6) is 0. The van der Waals surface area contributed by atoms with Crippen molar-refractivity contribution in [3.05, 3.63) is 76.3 Å². The van der Waals surface area contributed by atoms with Crippen molar-refractivity contribution in [2.45, 2.75) is 25.8 Å². The van der Waals surface area contributed by atoms with Crippen molar-refractivity contribution in [2.75, 3.05) is 20.1 Å². The van der Waals surface area contributed by atoms with Crippen LogP contribution in [0.5, 0.6) is 0 Å². The fraction of sp³-hybridized carbons (Fsp3) is 0.292. The second-order valence-electron chi connectivity index (χ2n) is 7.66. The SMILES string of the molecule is Cc1c(-c2ccccn2)cn(C2CCN(C)CC2)c(=O)c1-c1ccccc1C#N. The number of nitriles is 1. The van der Waals surface area contributed by atoms with Crippen LogP contribution >= 0.6 is 0 Å². The van der Waals surface area contributed by atoms with E-state index in [9.17, 15) is 10.1 Å². The van der Waals surface area contributed by atoms with Gasteiger partial charge in [0, 0.05) is 29.6 Å². The summed E-state index contributed by atoms with van der Waals surface area (Å²) in [6, 6.07) is 15.5. The molecule has 0 saturated carbocycles. The van der Waals surface area contributed by atoms with Crippen LogP contribution in [0.15, 0.2) is 59.7 Å². The number of piperidine rings is 1. The zero-order valence-corrected chi connectivity index (χ0v) is 16.8. The van der Waals surface area contributed by atoms with Crippen LogP contribution < -0.4 is 5.56 Å². The molecule has 2 aromatic heterocycles. The van der Waals surface area contributed by atoms with E-state index in [1.807, 2.05) is 54.1 Å². The maximum Gasteiger partial charge on any atom is 0.259 e. The number of likely N-dealkylation sites (tertiary alicyclic amines) is 1. The van der Waals surface area contributed by atoms with Gasteiger partial charge >= 0.3 is 0 Å². The van der Waals surface area contributed by atoms with Gasteiger partial charge in [0.1, 0.15) is 0 Å². The van der Waals surface area contributed by atoms with Gasteiger partial charge in [-0.2, -0.15) is 5.26 Å². The molecule has 1 aliphatic heterocycles. The van der Waals surface area contributed by atoms with Gasteiger partial charge in [0.2, 0.25) is 0 Å². The van der Waals surface area contributed by atoms with Gasteiger partial charge < -0.3 is 9.47 Å². The quantitative estimate of drug-likeness (QED) is 0.684. The molecular formula is C24H24N4O. The first-order valence-corrected chi connectivity index (χ1v) is 9.95. The minimum atomic E-state index is -0.0283. The summed E-state index contributed by atoms with van der Waals surface area (Å²) in [5, 5.41) is 9.62. The predicted molar refractivity (Wildman–Crippen MR) is 115 cm³/mol. The van der Waals surface area contributed by atoms with E-state index in [1.54, 1.807) is 12.3 Å². The molecule has 0 radical (unpaired) electrons. The number of hydrogen-bond acceptors (Lipinski definition) is 4. The molecule has 1 fully saturated rings. The first-order chi connectivity index (χ1) is 14.1. The third-order valence-electron chi connectivity index (χ3n) is 5.83. The van der Waals surface area contributed by atoms with E-state index in [0.29, 0.717) is 16.7 Å². The van der Waals surface area contributed by atoms with E-state index >= 15 is 0 Å². The monoisotopic (exact) mass is 384 g/mol. The average molecular weight is 384 g/mol. The lowest BCUT2D eigenvalue weighted by Crippen LogP contribution is -2.36. The van der Waals surface area contributed by atoms with Gasteiger partial charge in [0.05, 0.1) is 22.9 Å². The smallest absolute Gasteiger partial charge is 0.259 e. The number of rotatable bonds is 3. The third kappa shape index (κ3) is 3.59. The fourth-order valence-corrected chi connectivity index (χ4v) is 4.16. The first kappa shape index (κ1) is 19.1. The number of hydrogen-bond donors (Lipinski definition) is 0. The Kier molecular flexibility index (Phi) is 5.28. The number of pyridine rings is 2. The van der Waals surface area contributed by atoms with E-state index in [-0.39, 0.29) is 11.6 Å². The van der Waals surface area contributed by atoms with Gasteiger partial charge in [0.25, 0.3) is 5.56 Å². The number of nitrogens with zero attached hydrogens (tertiary/aromatic N) is 4. The molecule has 0 bridgehead atoms. The molecule has 3 heterocycles. The standard InChI is InChI=1S/C24H24N4O/c1-17-21(22-9-5-6-12-26-22)16-28(19-10-13-27(2)14-11-19)24(29)23(17)20-8-4-3-7-18(20)15-25/h3-9,12,16,19H,10-11,13-14H2,1-2H3. The molecule has 0 amide bonds. The second kappa shape index (κ2) is 8.02. The van der Waals surface area contributed by atoms with Gasteiger partial charge in [-0.05, 0) is 63.7 Å². The van der Waals surface area contributed by atoms with E-state index in [1.165, 1.54) is 0 Å². The van der Waals surface area contributed by atoms with Crippen molar-refractivity contribution in [1.29, 1.82) is 5.26 Å². The van der Waals surface area contributed by atoms with E-state index in [2.05, 4.69) is 23.0 Å². The maximum absolute atomic E-state index is 13.6. The number of aromatic nitrogens is 2. The summed E-state index contributed by atoms with van der Waals surface area (Å²) < 4.78 is 1.88. The van der Waals surface area contributed by atoms with Crippen molar-refractivity contribution in [2.24, 2.45) is 0 Å². The van der Waals surface area contributed by atoms with Crippen molar-refractivity contribution < 1.29 is 0 Å². The Morgan fingerprint density at radius 3 is 2.48 bits per heavy atom. The topological polar surface area (TPSA) is 61.9 Å². The lowest BCUT2D eigenvalue weighted by atomic mass is 9.93. The van der Waals surface area contributed by atoms with Gasteiger partial charge in [-0.25, -0.2) is 0 Å². The lowest BCUT2D eigenvalue weighted by molar-refractivity contribution is 0.219. The summed E-state index contributed by atoms with van der Waals surface area (Å²) in [6.07, 6.45) is 5.60. The predicted octanol–water partition coefficient (Wildman–Crippen LogP) is 4.02. The van der Waals surface area contributed by atoms with Crippen LogP contribution in [0.2, 0.25) is 0 Å². The molecule has 0 atom stereocenters. The zero-order chi connectivity index (χ0) is 20.4. The van der Waals surface area contributed by atoms with Gasteiger partial charge in [-0.3, -0.25) is 9.78 Å². The van der Waals surface area contributed by atoms with Gasteiger partial charge in [-0.15, -0.1) is 0 Å². The highest BCUT2D eigenvalue weighted by molar-refractivity contribution is 5.78. The second-order valence-corrected chi connectivity index (χ2v) is 7.66. The van der Waals surface area contributed by atoms with Crippen LogP contribution in [0.4, 0.5) is 0 Å². The zero-order valence-electron chi connectivity index (χ0n) is 16.8. The van der Waals surface area contributed by atoms with Crippen LogP contribution in [-0.4, -0.2) is 34.6 Å². The molecule has 146 valence electrons. The van der Waals surface area contributed by atoms with Crippen molar-refractivity contribution in [3.8, 4) is 28.5 Å². The highest BCUT2D eigenvalue weighted by Gasteiger charge is 2.24. The fourth-order valence-electron chi connectivity index (χ4n) is 4.16. The highest BCUT2D eigenvalue weighted by atomic mass is 16.1. The first-order valence-electron chi connectivity index (χ1n) is 9.95. The highest BCUT2D eigenvalue weighted by Crippen LogP contribution is 2.32. The van der Waals surface area contributed by atoms with Crippen molar-refractivity contribution in [3.63, 3.8) is 0 Å². The third-order valence-corrected chi connectivity index (χ3v) is 5.83. The van der Waals surface area contributed by atoms with Crippen LogP contribution in [0.1, 0.15) is 30.0 Å². The molecule has 0 unspecified atom stereocenters. The Bertz CT molecular complexity index is 1120. The van der Waals surface area contributed by atoms with Crippen LogP contribution in [-0.2, 0) is 0 Å². The van der Waals surface area contributed by atoms with E-state index in [4.69, 9.17) is 0 Å². The van der Waals surface area contributed by atoms with Crippen molar-refractivity contribution >= 4 is 0 Å². The molecule has 1 aliphatic rings. The lowest BCUT2D eigenvalue weighted by Gasteiger charge is -2.31. The normalized spacial score (nSPS) is 15.2. The van der Waals surface area contributed by atoms with Crippen molar-refractivity contribution in [1.82, 2.24) is 14.5 Å². The molecule has 1 aromatic carbocycles. The number of benzene rings is 1. The summed E-state index contributed by atoms with van der Waals surface area (Å²) in [5.41, 5.74) is 4.41. The summed E-state index contributed by atoms with van der Waals surface area (Å²) in [4.78, 5) is 20.5. The molecule has 29 heavy (non-hydrogen) atoms. The molecule has 4 rings (SSSR count). The molecule has 3 aromatic rings. The van der Waals surface area contributed by atoms with Crippen LogP contribution in [0.3, 0.4) is 0 Å². The van der Waals surface area contributed by atoms with E-state index in [0.717, 1.165) is 42.8 Å². The summed E-state index contributed by atoms with van der Waals surface area (Å²) in [7, 11) is 2.11. The minimum absolute atomic E-state index is 0.0283. The molecule has 0 N–H and O–H groups in total. The van der Waals surface area contributed by atoms with Gasteiger partial charge in [-0.1, -0.05) is 24.3 Å². The minimum Gasteiger partial charge on any atom is -0.311 e. The molecule has 5 heteroatoms. The van der Waals surface area contributed by atoms with Crippen LogP contribution in [0, 0.1) is 18.3 Å². The maximum atomic E-state index is 13.6. The molecule has 1 saturated heterocycles. The Hall–Kier alpha value is -3.23. The molecule has 5 nitrogen and oxygen atoms in total. The van der Waals surface area contributed by atoms with E-state index < -0.39 is 0 Å². The molecular weight excluding hydrogens is 360 g/mol. The van der Waals surface area contributed by atoms with Crippen LogP contribution in [0.25, 0.3) is 22.4 Å². The Balaban J connectivity index is 1.98. The molecule has 0 aliphatic carbocycles.